The van der Waals surface area contributed by atoms with Gasteiger partial charge in [0.1, 0.15) is 17.4 Å². The quantitative estimate of drug-likeness (QED) is 0.264. The molecule has 0 spiro atoms. The molecular formula is C29H26BrFN4O3. The number of carbonyl (C=O) groups excluding carboxylic acids is 1. The molecule has 1 amide bonds. The maximum absolute atomic E-state index is 13.5. The lowest BCUT2D eigenvalue weighted by molar-refractivity contribution is -0.118. The molecule has 1 aliphatic carbocycles. The third-order valence-electron chi connectivity index (χ3n) is 6.52. The second-order valence-corrected chi connectivity index (χ2v) is 10.1. The summed E-state index contributed by atoms with van der Waals surface area (Å²) in [6, 6.07) is 18.1. The van der Waals surface area contributed by atoms with Crippen LogP contribution in [0.2, 0.25) is 0 Å². The van der Waals surface area contributed by atoms with Crippen LogP contribution in [-0.2, 0) is 4.79 Å². The molecular weight excluding hydrogens is 551 g/mol. The monoisotopic (exact) mass is 576 g/mol. The molecule has 0 unspecified atom stereocenters. The zero-order valence-corrected chi connectivity index (χ0v) is 22.2. The van der Waals surface area contributed by atoms with E-state index >= 15 is 0 Å². The van der Waals surface area contributed by atoms with Crippen molar-refractivity contribution < 1.29 is 13.9 Å². The number of ether oxygens (including phenoxy) is 1. The predicted octanol–water partition coefficient (Wildman–Crippen LogP) is 6.25. The van der Waals surface area contributed by atoms with Crippen LogP contribution in [0.5, 0.6) is 5.75 Å². The second kappa shape index (κ2) is 11.7. The van der Waals surface area contributed by atoms with Crippen molar-refractivity contribution in [2.24, 2.45) is 5.10 Å². The summed E-state index contributed by atoms with van der Waals surface area (Å²) in [5.74, 6) is 0.474. The Bertz CT molecular complexity index is 1550. The molecule has 1 N–H and O–H groups in total. The lowest BCUT2D eigenvalue weighted by Gasteiger charge is -2.22. The van der Waals surface area contributed by atoms with Crippen LogP contribution in [0.3, 0.4) is 0 Å². The Morgan fingerprint density at radius 3 is 2.66 bits per heavy atom. The number of para-hydroxylation sites is 1. The number of aromatic nitrogens is 2. The minimum atomic E-state index is -0.392. The van der Waals surface area contributed by atoms with Crippen molar-refractivity contribution in [3.05, 3.63) is 98.8 Å². The summed E-state index contributed by atoms with van der Waals surface area (Å²) in [7, 11) is 0. The zero-order chi connectivity index (χ0) is 26.5. The summed E-state index contributed by atoms with van der Waals surface area (Å²) in [5, 5.41) is 7.76. The maximum atomic E-state index is 13.5. The van der Waals surface area contributed by atoms with Gasteiger partial charge in [-0.1, -0.05) is 47.3 Å². The van der Waals surface area contributed by atoms with Crippen LogP contribution in [0.15, 0.2) is 81.1 Å². The molecule has 1 heterocycles. The molecule has 4 aromatic rings. The summed E-state index contributed by atoms with van der Waals surface area (Å²) in [6.07, 6.45) is 6.87. The Hall–Kier alpha value is -3.85. The number of hydrogen-bond acceptors (Lipinski definition) is 5. The van der Waals surface area contributed by atoms with Gasteiger partial charge in [0.25, 0.3) is 11.5 Å². The molecule has 1 saturated carbocycles. The van der Waals surface area contributed by atoms with Crippen molar-refractivity contribution in [2.75, 3.05) is 11.9 Å². The molecule has 5 rings (SSSR count). The number of fused-ring (bicyclic) bond motifs is 1. The van der Waals surface area contributed by atoms with E-state index in [9.17, 15) is 14.0 Å². The van der Waals surface area contributed by atoms with Crippen LogP contribution in [0, 0.1) is 5.82 Å². The molecule has 0 atom stereocenters. The van der Waals surface area contributed by atoms with Gasteiger partial charge in [-0.2, -0.15) is 9.78 Å². The van der Waals surface area contributed by atoms with E-state index in [0.29, 0.717) is 33.7 Å². The van der Waals surface area contributed by atoms with Crippen molar-refractivity contribution in [1.29, 1.82) is 0 Å². The Balaban J connectivity index is 1.42. The van der Waals surface area contributed by atoms with Crippen molar-refractivity contribution in [3.63, 3.8) is 0 Å². The summed E-state index contributed by atoms with van der Waals surface area (Å²) < 4.78 is 21.1. The molecule has 1 aliphatic rings. The third-order valence-corrected chi connectivity index (χ3v) is 7.01. The minimum absolute atomic E-state index is 0.159. The van der Waals surface area contributed by atoms with Crippen molar-refractivity contribution in [3.8, 4) is 5.75 Å². The van der Waals surface area contributed by atoms with Crippen LogP contribution in [0.1, 0.15) is 49.4 Å². The molecule has 7 nitrogen and oxygen atoms in total. The van der Waals surface area contributed by atoms with Crippen LogP contribution >= 0.6 is 15.9 Å². The SMILES string of the molecule is O=C(COc1ccc(Br)cc1C=Nn1c(C2CCCCC2)nc2ccccc2c1=O)Nc1ccc(F)cc1. The summed E-state index contributed by atoms with van der Waals surface area (Å²) in [6.45, 7) is -0.259. The first kappa shape index (κ1) is 25.8. The molecule has 194 valence electrons. The first-order valence-electron chi connectivity index (χ1n) is 12.5. The second-order valence-electron chi connectivity index (χ2n) is 9.21. The fraction of sp³-hybridized carbons (Fsp3) is 0.241. The Labute approximate surface area is 227 Å². The van der Waals surface area contributed by atoms with E-state index in [1.165, 1.54) is 35.4 Å². The highest BCUT2D eigenvalue weighted by molar-refractivity contribution is 9.10. The van der Waals surface area contributed by atoms with E-state index in [-0.39, 0.29) is 23.9 Å². The van der Waals surface area contributed by atoms with E-state index in [1.54, 1.807) is 30.5 Å². The maximum Gasteiger partial charge on any atom is 0.282 e. The molecule has 0 bridgehead atoms. The number of rotatable bonds is 7. The smallest absolute Gasteiger partial charge is 0.282 e. The molecule has 1 aromatic heterocycles. The van der Waals surface area contributed by atoms with Crippen LogP contribution in [0.4, 0.5) is 10.1 Å². The van der Waals surface area contributed by atoms with Crippen molar-refractivity contribution in [1.82, 2.24) is 9.66 Å². The number of carbonyl (C=O) groups is 1. The van der Waals surface area contributed by atoms with Gasteiger partial charge in [-0.3, -0.25) is 9.59 Å². The van der Waals surface area contributed by atoms with E-state index in [1.807, 2.05) is 18.2 Å². The van der Waals surface area contributed by atoms with Gasteiger partial charge in [0.2, 0.25) is 0 Å². The lowest BCUT2D eigenvalue weighted by atomic mass is 9.88. The fourth-order valence-corrected chi connectivity index (χ4v) is 5.00. The normalized spacial score (nSPS) is 14.2. The average Bonchev–Trinajstić information content (AvgIpc) is 2.93. The lowest BCUT2D eigenvalue weighted by Crippen LogP contribution is -2.25. The van der Waals surface area contributed by atoms with Gasteiger partial charge < -0.3 is 10.1 Å². The highest BCUT2D eigenvalue weighted by Crippen LogP contribution is 2.32. The largest absolute Gasteiger partial charge is 0.483 e. The van der Waals surface area contributed by atoms with Gasteiger partial charge in [-0.15, -0.1) is 0 Å². The zero-order valence-electron chi connectivity index (χ0n) is 20.6. The van der Waals surface area contributed by atoms with E-state index < -0.39 is 5.91 Å². The number of benzene rings is 3. The van der Waals surface area contributed by atoms with Gasteiger partial charge in [-0.05, 0) is 67.4 Å². The highest BCUT2D eigenvalue weighted by atomic mass is 79.9. The number of halogens is 2. The first-order valence-corrected chi connectivity index (χ1v) is 13.3. The Morgan fingerprint density at radius 1 is 1.11 bits per heavy atom. The van der Waals surface area contributed by atoms with Crippen molar-refractivity contribution in [2.45, 2.75) is 38.0 Å². The molecule has 3 aromatic carbocycles. The van der Waals surface area contributed by atoms with Crippen LogP contribution < -0.4 is 15.6 Å². The van der Waals surface area contributed by atoms with Gasteiger partial charge in [0.05, 0.1) is 17.1 Å². The van der Waals surface area contributed by atoms with Crippen molar-refractivity contribution >= 4 is 44.6 Å². The Morgan fingerprint density at radius 2 is 1.87 bits per heavy atom. The molecule has 1 fully saturated rings. The Kier molecular flexibility index (Phi) is 7.93. The van der Waals surface area contributed by atoms with Crippen LogP contribution in [0.25, 0.3) is 10.9 Å². The topological polar surface area (TPSA) is 85.6 Å². The highest BCUT2D eigenvalue weighted by Gasteiger charge is 2.22. The van der Waals surface area contributed by atoms with E-state index in [4.69, 9.17) is 9.72 Å². The number of amides is 1. The van der Waals surface area contributed by atoms with Gasteiger partial charge >= 0.3 is 0 Å². The predicted molar refractivity (Wildman–Crippen MR) is 149 cm³/mol. The summed E-state index contributed by atoms with van der Waals surface area (Å²) >= 11 is 3.47. The van der Waals surface area contributed by atoms with Gasteiger partial charge in [0.15, 0.2) is 6.61 Å². The number of anilines is 1. The first-order chi connectivity index (χ1) is 18.5. The number of nitrogens with one attached hydrogen (secondary N) is 1. The summed E-state index contributed by atoms with van der Waals surface area (Å²) in [5.41, 5.74) is 1.51. The molecule has 0 saturated heterocycles. The summed E-state index contributed by atoms with van der Waals surface area (Å²) in [4.78, 5) is 30.7. The minimum Gasteiger partial charge on any atom is -0.483 e. The number of nitrogens with zero attached hydrogens (tertiary/aromatic N) is 3. The number of hydrogen-bond donors (Lipinski definition) is 1. The standard InChI is InChI=1S/C29H26BrFN4O3/c30-21-10-15-26(38-18-27(36)33-23-13-11-22(31)12-14-23)20(16-21)17-32-35-28(19-6-2-1-3-7-19)34-25-9-5-4-8-24(25)29(35)37/h4-5,8-17,19H,1-3,6-7,18H2,(H,33,36). The van der Waals surface area contributed by atoms with Crippen LogP contribution in [-0.4, -0.2) is 28.4 Å². The fourth-order valence-electron chi connectivity index (χ4n) is 4.62. The molecule has 0 aliphatic heterocycles. The molecule has 9 heteroatoms. The average molecular weight is 577 g/mol. The van der Waals surface area contributed by atoms with E-state index in [2.05, 4.69) is 26.3 Å². The van der Waals surface area contributed by atoms with E-state index in [0.717, 1.165) is 30.2 Å². The van der Waals surface area contributed by atoms with Gasteiger partial charge in [-0.25, -0.2) is 9.37 Å². The molecule has 0 radical (unpaired) electrons. The third kappa shape index (κ3) is 5.99. The van der Waals surface area contributed by atoms with Gasteiger partial charge in [0, 0.05) is 21.6 Å². The molecule has 38 heavy (non-hydrogen) atoms.